The zero-order valence-corrected chi connectivity index (χ0v) is 12.4. The lowest BCUT2D eigenvalue weighted by atomic mass is 9.95. The molecule has 0 saturated carbocycles. The first kappa shape index (κ1) is 11.9. The summed E-state index contributed by atoms with van der Waals surface area (Å²) in [7, 11) is 0. The van der Waals surface area contributed by atoms with Crippen molar-refractivity contribution >= 4 is 33.4 Å². The number of hydrogen-bond donors (Lipinski definition) is 0. The first-order valence-electron chi connectivity index (χ1n) is 6.50. The molecule has 0 amide bonds. The fourth-order valence-corrected chi connectivity index (χ4v) is 3.96. The van der Waals surface area contributed by atoms with E-state index in [2.05, 4.69) is 70.1 Å². The third kappa shape index (κ3) is 1.89. The Morgan fingerprint density at radius 3 is 1.45 bits per heavy atom. The smallest absolute Gasteiger partial charge is 0.00145 e. The number of hydrogen-bond acceptors (Lipinski definition) is 2. The fourth-order valence-electron chi connectivity index (χ4n) is 2.65. The topological polar surface area (TPSA) is 0 Å². The van der Waals surface area contributed by atoms with Gasteiger partial charge in [0.2, 0.25) is 0 Å². The number of rotatable bonds is 2. The molecule has 2 heteroatoms. The van der Waals surface area contributed by atoms with E-state index in [4.69, 9.17) is 0 Å². The van der Waals surface area contributed by atoms with Gasteiger partial charge in [-0.15, -0.1) is 0 Å². The molecular formula is C18H12S2. The van der Waals surface area contributed by atoms with Crippen LogP contribution in [-0.4, -0.2) is 0 Å². The molecule has 96 valence electrons. The van der Waals surface area contributed by atoms with Gasteiger partial charge in [-0.25, -0.2) is 0 Å². The molecule has 0 aliphatic heterocycles. The van der Waals surface area contributed by atoms with Crippen molar-refractivity contribution in [3.8, 4) is 22.3 Å². The van der Waals surface area contributed by atoms with E-state index in [9.17, 15) is 0 Å². The molecule has 2 aromatic heterocycles. The van der Waals surface area contributed by atoms with Gasteiger partial charge in [-0.05, 0) is 66.7 Å². The fraction of sp³-hybridized carbons (Fsp3) is 0. The lowest BCUT2D eigenvalue weighted by Crippen LogP contribution is -1.82. The quantitative estimate of drug-likeness (QED) is 0.407. The molecule has 0 aliphatic carbocycles. The van der Waals surface area contributed by atoms with E-state index >= 15 is 0 Å². The predicted octanol–water partition coefficient (Wildman–Crippen LogP) is 6.30. The molecule has 0 N–H and O–H groups in total. The molecule has 2 aromatic carbocycles. The van der Waals surface area contributed by atoms with Gasteiger partial charge in [0.15, 0.2) is 0 Å². The van der Waals surface area contributed by atoms with Gasteiger partial charge in [-0.2, -0.15) is 22.7 Å². The molecule has 0 radical (unpaired) electrons. The first-order chi connectivity index (χ1) is 9.93. The third-order valence-corrected chi connectivity index (χ3v) is 4.95. The van der Waals surface area contributed by atoms with Crippen molar-refractivity contribution in [1.29, 1.82) is 0 Å². The minimum absolute atomic E-state index is 1.31. The average molecular weight is 292 g/mol. The summed E-state index contributed by atoms with van der Waals surface area (Å²) >= 11 is 3.49. The maximum absolute atomic E-state index is 2.22. The summed E-state index contributed by atoms with van der Waals surface area (Å²) < 4.78 is 0. The van der Waals surface area contributed by atoms with Crippen LogP contribution in [0.1, 0.15) is 0 Å². The zero-order chi connectivity index (χ0) is 13.4. The predicted molar refractivity (Wildman–Crippen MR) is 90.6 cm³/mol. The van der Waals surface area contributed by atoms with Crippen LogP contribution in [0.3, 0.4) is 0 Å². The van der Waals surface area contributed by atoms with E-state index in [1.807, 2.05) is 0 Å². The Balaban J connectivity index is 2.04. The van der Waals surface area contributed by atoms with Crippen LogP contribution in [0.2, 0.25) is 0 Å². The number of thiophene rings is 2. The molecule has 0 aliphatic rings. The minimum atomic E-state index is 1.31. The largest absolute Gasteiger partial charge is 0.152 e. The summed E-state index contributed by atoms with van der Waals surface area (Å²) in [5.74, 6) is 0. The molecule has 0 fully saturated rings. The highest BCUT2D eigenvalue weighted by atomic mass is 32.1. The molecule has 0 spiro atoms. The lowest BCUT2D eigenvalue weighted by Gasteiger charge is -2.09. The third-order valence-electron chi connectivity index (χ3n) is 3.59. The van der Waals surface area contributed by atoms with Crippen molar-refractivity contribution in [1.82, 2.24) is 0 Å². The minimum Gasteiger partial charge on any atom is -0.152 e. The Morgan fingerprint density at radius 1 is 0.550 bits per heavy atom. The van der Waals surface area contributed by atoms with Crippen molar-refractivity contribution in [2.45, 2.75) is 0 Å². The van der Waals surface area contributed by atoms with Gasteiger partial charge in [0.05, 0.1) is 0 Å². The van der Waals surface area contributed by atoms with Crippen LogP contribution >= 0.6 is 22.7 Å². The highest BCUT2D eigenvalue weighted by Gasteiger charge is 2.08. The SMILES string of the molecule is c1cc(-c2ccsc2)c2cccc(-c3ccsc3)c2c1. The highest BCUT2D eigenvalue weighted by Crippen LogP contribution is 2.35. The Labute approximate surface area is 126 Å². The van der Waals surface area contributed by atoms with E-state index in [0.717, 1.165) is 0 Å². The maximum atomic E-state index is 2.22. The monoisotopic (exact) mass is 292 g/mol. The van der Waals surface area contributed by atoms with Crippen molar-refractivity contribution in [2.75, 3.05) is 0 Å². The van der Waals surface area contributed by atoms with Crippen LogP contribution in [0.5, 0.6) is 0 Å². The Morgan fingerprint density at radius 2 is 1.05 bits per heavy atom. The van der Waals surface area contributed by atoms with Crippen LogP contribution in [0, 0.1) is 0 Å². The molecule has 2 heterocycles. The zero-order valence-electron chi connectivity index (χ0n) is 10.7. The van der Waals surface area contributed by atoms with Crippen molar-refractivity contribution in [3.63, 3.8) is 0 Å². The van der Waals surface area contributed by atoms with Gasteiger partial charge < -0.3 is 0 Å². The second kappa shape index (κ2) is 4.89. The maximum Gasteiger partial charge on any atom is -0.00145 e. The molecule has 0 nitrogen and oxygen atoms in total. The first-order valence-corrected chi connectivity index (χ1v) is 8.39. The number of fused-ring (bicyclic) bond motifs is 1. The van der Waals surface area contributed by atoms with Gasteiger partial charge in [0.1, 0.15) is 0 Å². The summed E-state index contributed by atoms with van der Waals surface area (Å²) in [6.07, 6.45) is 0. The van der Waals surface area contributed by atoms with Crippen LogP contribution < -0.4 is 0 Å². The van der Waals surface area contributed by atoms with Gasteiger partial charge in [-0.1, -0.05) is 36.4 Å². The summed E-state index contributed by atoms with van der Waals surface area (Å²) in [6.45, 7) is 0. The molecule has 0 unspecified atom stereocenters. The molecule has 0 bridgehead atoms. The lowest BCUT2D eigenvalue weighted by molar-refractivity contribution is 1.70. The second-order valence-electron chi connectivity index (χ2n) is 4.73. The average Bonchev–Trinajstić information content (AvgIpc) is 3.19. The Kier molecular flexibility index (Phi) is 2.91. The van der Waals surface area contributed by atoms with Crippen molar-refractivity contribution < 1.29 is 0 Å². The van der Waals surface area contributed by atoms with Crippen molar-refractivity contribution in [3.05, 3.63) is 70.1 Å². The van der Waals surface area contributed by atoms with Gasteiger partial charge >= 0.3 is 0 Å². The van der Waals surface area contributed by atoms with Gasteiger partial charge in [0.25, 0.3) is 0 Å². The second-order valence-corrected chi connectivity index (χ2v) is 6.29. The molecule has 0 saturated heterocycles. The standard InChI is InChI=1S/C18H12S2/c1-3-15(13-7-9-19-11-13)18-6-2-4-16(17(18)5-1)14-8-10-20-12-14/h1-12H. The molecular weight excluding hydrogens is 280 g/mol. The van der Waals surface area contributed by atoms with Crippen LogP contribution in [-0.2, 0) is 0 Å². The summed E-state index contributed by atoms with van der Waals surface area (Å²) in [5.41, 5.74) is 5.26. The van der Waals surface area contributed by atoms with Crippen molar-refractivity contribution in [2.24, 2.45) is 0 Å². The molecule has 4 aromatic rings. The van der Waals surface area contributed by atoms with E-state index in [0.29, 0.717) is 0 Å². The molecule has 4 rings (SSSR count). The van der Waals surface area contributed by atoms with Crippen LogP contribution in [0.4, 0.5) is 0 Å². The summed E-state index contributed by atoms with van der Waals surface area (Å²) in [6, 6.07) is 17.6. The normalized spacial score (nSPS) is 11.0. The van der Waals surface area contributed by atoms with E-state index in [-0.39, 0.29) is 0 Å². The van der Waals surface area contributed by atoms with E-state index < -0.39 is 0 Å². The van der Waals surface area contributed by atoms with Gasteiger partial charge in [-0.3, -0.25) is 0 Å². The number of benzene rings is 2. The van der Waals surface area contributed by atoms with Crippen LogP contribution in [0.15, 0.2) is 70.1 Å². The van der Waals surface area contributed by atoms with Crippen LogP contribution in [0.25, 0.3) is 33.0 Å². The van der Waals surface area contributed by atoms with E-state index in [1.165, 1.54) is 33.0 Å². The molecule has 0 atom stereocenters. The Hall–Kier alpha value is -1.90. The van der Waals surface area contributed by atoms with Gasteiger partial charge in [0, 0.05) is 0 Å². The highest BCUT2D eigenvalue weighted by molar-refractivity contribution is 7.08. The Bertz CT molecular complexity index is 767. The van der Waals surface area contributed by atoms with E-state index in [1.54, 1.807) is 22.7 Å². The molecule has 20 heavy (non-hydrogen) atoms. The summed E-state index contributed by atoms with van der Waals surface area (Å²) in [5, 5.41) is 11.4. The summed E-state index contributed by atoms with van der Waals surface area (Å²) in [4.78, 5) is 0.